The molecule has 16 heavy (non-hydrogen) atoms. The molecule has 0 saturated heterocycles. The molecule has 0 heterocycles. The van der Waals surface area contributed by atoms with Gasteiger partial charge in [-0.05, 0) is 42.5 Å². The van der Waals surface area contributed by atoms with Crippen molar-refractivity contribution in [2.24, 2.45) is 5.73 Å². The van der Waals surface area contributed by atoms with E-state index in [0.717, 1.165) is 18.4 Å². The minimum atomic E-state index is -0.0184. The number of amides is 1. The van der Waals surface area contributed by atoms with Crippen molar-refractivity contribution in [1.82, 2.24) is 5.32 Å². The van der Waals surface area contributed by atoms with Crippen molar-refractivity contribution in [2.45, 2.75) is 19.3 Å². The summed E-state index contributed by atoms with van der Waals surface area (Å²) in [4.78, 5) is 11.6. The topological polar surface area (TPSA) is 55.1 Å². The number of nitrogens with one attached hydrogen (secondary N) is 1. The second-order valence-corrected chi connectivity index (χ2v) is 3.88. The summed E-state index contributed by atoms with van der Waals surface area (Å²) < 4.78 is 0. The number of hydrogen-bond donors (Lipinski definition) is 2. The molecule has 1 aliphatic rings. The number of aryl methyl sites for hydroxylation is 2. The molecule has 1 aliphatic carbocycles. The standard InChI is InChI=1S/C12H16N2O.ClH/c13-6-7-14-12(15)11-5-4-9-2-1-3-10(9)8-11;/h4-5,8H,1-3,6-7,13H2,(H,14,15);1H. The summed E-state index contributed by atoms with van der Waals surface area (Å²) in [5, 5.41) is 2.78. The zero-order valence-corrected chi connectivity index (χ0v) is 9.98. The van der Waals surface area contributed by atoms with E-state index in [1.165, 1.54) is 17.5 Å². The van der Waals surface area contributed by atoms with Gasteiger partial charge >= 0.3 is 0 Å². The summed E-state index contributed by atoms with van der Waals surface area (Å²) in [5.41, 5.74) is 8.81. The molecule has 0 radical (unpaired) electrons. The fourth-order valence-electron chi connectivity index (χ4n) is 2.00. The molecule has 0 bridgehead atoms. The zero-order chi connectivity index (χ0) is 10.7. The van der Waals surface area contributed by atoms with Crippen LogP contribution in [-0.4, -0.2) is 19.0 Å². The van der Waals surface area contributed by atoms with Gasteiger partial charge in [-0.1, -0.05) is 6.07 Å². The first-order chi connectivity index (χ1) is 7.31. The normalized spacial score (nSPS) is 12.8. The first kappa shape index (κ1) is 13.0. The monoisotopic (exact) mass is 240 g/mol. The van der Waals surface area contributed by atoms with E-state index >= 15 is 0 Å². The molecular weight excluding hydrogens is 224 g/mol. The number of benzene rings is 1. The fourth-order valence-corrected chi connectivity index (χ4v) is 2.00. The van der Waals surface area contributed by atoms with Crippen LogP contribution in [0.15, 0.2) is 18.2 Å². The average molecular weight is 241 g/mol. The quantitative estimate of drug-likeness (QED) is 0.837. The van der Waals surface area contributed by atoms with Crippen LogP contribution in [0.25, 0.3) is 0 Å². The Bertz CT molecular complexity index is 379. The highest BCUT2D eigenvalue weighted by molar-refractivity contribution is 5.94. The largest absolute Gasteiger partial charge is 0.351 e. The highest BCUT2D eigenvalue weighted by Gasteiger charge is 2.13. The molecule has 1 amide bonds. The van der Waals surface area contributed by atoms with Crippen LogP contribution in [0.4, 0.5) is 0 Å². The fraction of sp³-hybridized carbons (Fsp3) is 0.417. The van der Waals surface area contributed by atoms with Crippen LogP contribution in [0.5, 0.6) is 0 Å². The van der Waals surface area contributed by atoms with E-state index in [0.29, 0.717) is 13.1 Å². The van der Waals surface area contributed by atoms with E-state index in [9.17, 15) is 4.79 Å². The summed E-state index contributed by atoms with van der Waals surface area (Å²) >= 11 is 0. The maximum absolute atomic E-state index is 11.6. The first-order valence-corrected chi connectivity index (χ1v) is 5.41. The van der Waals surface area contributed by atoms with Crippen LogP contribution in [0.1, 0.15) is 27.9 Å². The Morgan fingerprint density at radius 1 is 1.31 bits per heavy atom. The second-order valence-electron chi connectivity index (χ2n) is 3.88. The Kier molecular flexibility index (Phi) is 4.77. The molecule has 0 spiro atoms. The lowest BCUT2D eigenvalue weighted by molar-refractivity contribution is 0.0954. The Balaban J connectivity index is 0.00000128. The van der Waals surface area contributed by atoms with E-state index in [-0.39, 0.29) is 18.3 Å². The number of carbonyl (C=O) groups excluding carboxylic acids is 1. The van der Waals surface area contributed by atoms with E-state index in [1.807, 2.05) is 12.1 Å². The van der Waals surface area contributed by atoms with Gasteiger partial charge < -0.3 is 11.1 Å². The van der Waals surface area contributed by atoms with E-state index in [4.69, 9.17) is 5.73 Å². The second kappa shape index (κ2) is 5.87. The lowest BCUT2D eigenvalue weighted by Gasteiger charge is -2.05. The molecule has 88 valence electrons. The van der Waals surface area contributed by atoms with Crippen LogP contribution < -0.4 is 11.1 Å². The predicted octanol–water partition coefficient (Wildman–Crippen LogP) is 1.29. The Labute approximate surface area is 102 Å². The van der Waals surface area contributed by atoms with Gasteiger partial charge in [0.25, 0.3) is 5.91 Å². The molecule has 4 heteroatoms. The summed E-state index contributed by atoms with van der Waals surface area (Å²) in [6, 6.07) is 5.98. The number of fused-ring (bicyclic) bond motifs is 1. The molecule has 0 aromatic heterocycles. The molecule has 3 N–H and O–H groups in total. The molecule has 1 aromatic carbocycles. The summed E-state index contributed by atoms with van der Waals surface area (Å²) in [7, 11) is 0. The van der Waals surface area contributed by atoms with E-state index < -0.39 is 0 Å². The third-order valence-electron chi connectivity index (χ3n) is 2.79. The molecular formula is C12H17ClN2O. The van der Waals surface area contributed by atoms with Crippen molar-refractivity contribution in [3.8, 4) is 0 Å². The van der Waals surface area contributed by atoms with E-state index in [2.05, 4.69) is 11.4 Å². The molecule has 2 rings (SSSR count). The summed E-state index contributed by atoms with van der Waals surface area (Å²) in [6.07, 6.45) is 3.47. The van der Waals surface area contributed by atoms with Crippen LogP contribution in [0.2, 0.25) is 0 Å². The molecule has 0 unspecified atom stereocenters. The maximum atomic E-state index is 11.6. The molecule has 0 atom stereocenters. The summed E-state index contributed by atoms with van der Waals surface area (Å²) in [5.74, 6) is -0.0184. The van der Waals surface area contributed by atoms with Gasteiger partial charge in [0.1, 0.15) is 0 Å². The van der Waals surface area contributed by atoms with Crippen LogP contribution in [0, 0.1) is 0 Å². The third kappa shape index (κ3) is 2.74. The highest BCUT2D eigenvalue weighted by atomic mass is 35.5. The van der Waals surface area contributed by atoms with Gasteiger partial charge in [0.05, 0.1) is 0 Å². The van der Waals surface area contributed by atoms with Gasteiger partial charge in [-0.2, -0.15) is 0 Å². The van der Waals surface area contributed by atoms with Crippen LogP contribution in [0.3, 0.4) is 0 Å². The van der Waals surface area contributed by atoms with Gasteiger partial charge in [0.2, 0.25) is 0 Å². The molecule has 0 saturated carbocycles. The van der Waals surface area contributed by atoms with Crippen molar-refractivity contribution in [1.29, 1.82) is 0 Å². The van der Waals surface area contributed by atoms with Gasteiger partial charge in [-0.3, -0.25) is 4.79 Å². The lowest BCUT2D eigenvalue weighted by atomic mass is 10.1. The van der Waals surface area contributed by atoms with Crippen molar-refractivity contribution < 1.29 is 4.79 Å². The minimum absolute atomic E-state index is 0. The lowest BCUT2D eigenvalue weighted by Crippen LogP contribution is -2.29. The highest BCUT2D eigenvalue weighted by Crippen LogP contribution is 2.22. The summed E-state index contributed by atoms with van der Waals surface area (Å²) in [6.45, 7) is 1.02. The van der Waals surface area contributed by atoms with Crippen molar-refractivity contribution >= 4 is 18.3 Å². The first-order valence-electron chi connectivity index (χ1n) is 5.41. The van der Waals surface area contributed by atoms with Gasteiger partial charge in [-0.15, -0.1) is 12.4 Å². The smallest absolute Gasteiger partial charge is 0.251 e. The van der Waals surface area contributed by atoms with Gasteiger partial charge in [0.15, 0.2) is 0 Å². The van der Waals surface area contributed by atoms with Crippen LogP contribution >= 0.6 is 12.4 Å². The molecule has 3 nitrogen and oxygen atoms in total. The average Bonchev–Trinajstić information content (AvgIpc) is 2.72. The molecule has 0 fully saturated rings. The third-order valence-corrected chi connectivity index (χ3v) is 2.79. The van der Waals surface area contributed by atoms with E-state index in [1.54, 1.807) is 0 Å². The number of hydrogen-bond acceptors (Lipinski definition) is 2. The van der Waals surface area contributed by atoms with Crippen molar-refractivity contribution in [3.63, 3.8) is 0 Å². The van der Waals surface area contributed by atoms with Gasteiger partial charge in [0, 0.05) is 18.7 Å². The molecule has 1 aromatic rings. The molecule has 0 aliphatic heterocycles. The Morgan fingerprint density at radius 3 is 2.81 bits per heavy atom. The number of rotatable bonds is 3. The zero-order valence-electron chi connectivity index (χ0n) is 9.16. The van der Waals surface area contributed by atoms with Crippen molar-refractivity contribution in [3.05, 3.63) is 34.9 Å². The predicted molar refractivity (Wildman–Crippen MR) is 67.1 cm³/mol. The number of halogens is 1. The maximum Gasteiger partial charge on any atom is 0.251 e. The Hall–Kier alpha value is -1.06. The van der Waals surface area contributed by atoms with Crippen LogP contribution in [-0.2, 0) is 12.8 Å². The minimum Gasteiger partial charge on any atom is -0.351 e. The number of nitrogens with two attached hydrogens (primary N) is 1. The van der Waals surface area contributed by atoms with Crippen molar-refractivity contribution in [2.75, 3.05) is 13.1 Å². The Morgan fingerprint density at radius 2 is 2.06 bits per heavy atom. The number of carbonyl (C=O) groups is 1. The SMILES string of the molecule is Cl.NCCNC(=O)c1ccc2c(c1)CCC2. The van der Waals surface area contributed by atoms with Gasteiger partial charge in [-0.25, -0.2) is 0 Å².